The van der Waals surface area contributed by atoms with Crippen LogP contribution in [0.25, 0.3) is 0 Å². The number of likely N-dealkylation sites (tertiary alicyclic amines) is 1. The van der Waals surface area contributed by atoms with Crippen molar-refractivity contribution >= 4 is 23.5 Å². The van der Waals surface area contributed by atoms with Gasteiger partial charge in [-0.15, -0.1) is 0 Å². The van der Waals surface area contributed by atoms with Gasteiger partial charge in [-0.1, -0.05) is 0 Å². The number of ether oxygens (including phenoxy) is 1. The largest absolute Gasteiger partial charge is 0.444 e. The van der Waals surface area contributed by atoms with Crippen LogP contribution in [0.15, 0.2) is 6.20 Å². The molecular weight excluding hydrogens is 346 g/mol. The molecule has 1 aromatic heterocycles. The highest BCUT2D eigenvalue weighted by Gasteiger charge is 2.27. The number of carbonyl (C=O) groups excluding carboxylic acids is 1. The lowest BCUT2D eigenvalue weighted by Crippen LogP contribution is -2.42. The topological polar surface area (TPSA) is 114 Å². The van der Waals surface area contributed by atoms with Gasteiger partial charge in [0, 0.05) is 25.8 Å². The highest BCUT2D eigenvalue weighted by molar-refractivity contribution is 6.28. The average molecular weight is 372 g/mol. The van der Waals surface area contributed by atoms with Crippen molar-refractivity contribution in [3.63, 3.8) is 0 Å². The molecule has 1 aliphatic rings. The number of halogens is 1. The fraction of sp³-hybridized carbons (Fsp3) is 0.688. The van der Waals surface area contributed by atoms with E-state index in [0.29, 0.717) is 36.9 Å². The molecule has 4 N–H and O–H groups in total. The molecule has 2 rings (SSSR count). The molecule has 140 valence electrons. The number of nitrogens with one attached hydrogen (secondary N) is 1. The second-order valence-electron chi connectivity index (χ2n) is 7.18. The SMILES string of the molecule is CC(C)(C)OC(=O)N1CCC(CNc2nc(Cl)ncc2C(N)O)CC1. The van der Waals surface area contributed by atoms with Crippen molar-refractivity contribution < 1.29 is 14.6 Å². The molecule has 0 spiro atoms. The normalized spacial score (nSPS) is 17.3. The number of nitrogens with zero attached hydrogens (tertiary/aromatic N) is 3. The molecule has 9 heteroatoms. The number of hydrogen-bond donors (Lipinski definition) is 3. The second kappa shape index (κ2) is 8.16. The summed E-state index contributed by atoms with van der Waals surface area (Å²) in [4.78, 5) is 21.7. The Morgan fingerprint density at radius 2 is 2.16 bits per heavy atom. The van der Waals surface area contributed by atoms with Crippen LogP contribution in [0.1, 0.15) is 45.4 Å². The van der Waals surface area contributed by atoms with E-state index in [-0.39, 0.29) is 11.4 Å². The Kier molecular flexibility index (Phi) is 6.42. The Hall–Kier alpha value is -1.64. The van der Waals surface area contributed by atoms with Crippen molar-refractivity contribution in [2.75, 3.05) is 25.0 Å². The quantitative estimate of drug-likeness (QED) is 0.548. The van der Waals surface area contributed by atoms with Gasteiger partial charge in [0.25, 0.3) is 0 Å². The maximum absolute atomic E-state index is 12.1. The summed E-state index contributed by atoms with van der Waals surface area (Å²) in [7, 11) is 0. The summed E-state index contributed by atoms with van der Waals surface area (Å²) in [6.07, 6.45) is 1.67. The minimum absolute atomic E-state index is 0.0895. The van der Waals surface area contributed by atoms with E-state index < -0.39 is 11.8 Å². The zero-order valence-electron chi connectivity index (χ0n) is 14.8. The molecular formula is C16H26ClN5O3. The Balaban J connectivity index is 1.85. The number of hydrogen-bond acceptors (Lipinski definition) is 7. The lowest BCUT2D eigenvalue weighted by Gasteiger charge is -2.33. The number of aliphatic hydroxyl groups is 1. The fourth-order valence-corrected chi connectivity index (χ4v) is 2.75. The summed E-state index contributed by atoms with van der Waals surface area (Å²) in [5.74, 6) is 0.805. The third-order valence-electron chi connectivity index (χ3n) is 3.93. The van der Waals surface area contributed by atoms with E-state index in [1.807, 2.05) is 20.8 Å². The minimum Gasteiger partial charge on any atom is -0.444 e. The Bertz CT molecular complexity index is 598. The van der Waals surface area contributed by atoms with Crippen LogP contribution in [-0.2, 0) is 4.74 Å². The van der Waals surface area contributed by atoms with Gasteiger partial charge in [-0.25, -0.2) is 14.8 Å². The van der Waals surface area contributed by atoms with E-state index in [2.05, 4.69) is 15.3 Å². The van der Waals surface area contributed by atoms with E-state index in [0.717, 1.165) is 12.8 Å². The molecule has 1 amide bonds. The second-order valence-corrected chi connectivity index (χ2v) is 7.52. The molecule has 1 saturated heterocycles. The first-order chi connectivity index (χ1) is 11.7. The number of aliphatic hydroxyl groups excluding tert-OH is 1. The lowest BCUT2D eigenvalue weighted by molar-refractivity contribution is 0.0188. The molecule has 1 aliphatic heterocycles. The van der Waals surface area contributed by atoms with E-state index in [1.165, 1.54) is 6.20 Å². The summed E-state index contributed by atoms with van der Waals surface area (Å²) < 4.78 is 5.40. The summed E-state index contributed by atoms with van der Waals surface area (Å²) >= 11 is 5.81. The number of amides is 1. The molecule has 0 radical (unpaired) electrons. The molecule has 0 aromatic carbocycles. The number of anilines is 1. The molecule has 2 heterocycles. The van der Waals surface area contributed by atoms with Crippen molar-refractivity contribution in [3.05, 3.63) is 17.0 Å². The molecule has 25 heavy (non-hydrogen) atoms. The smallest absolute Gasteiger partial charge is 0.410 e. The number of nitrogens with two attached hydrogens (primary N) is 1. The number of rotatable bonds is 4. The number of aromatic nitrogens is 2. The highest BCUT2D eigenvalue weighted by atomic mass is 35.5. The third-order valence-corrected chi connectivity index (χ3v) is 4.11. The Labute approximate surface area is 152 Å². The molecule has 8 nitrogen and oxygen atoms in total. The van der Waals surface area contributed by atoms with Gasteiger partial charge in [-0.05, 0) is 51.1 Å². The molecule has 1 atom stereocenters. The van der Waals surface area contributed by atoms with E-state index in [1.54, 1.807) is 4.90 Å². The van der Waals surface area contributed by atoms with Gasteiger partial charge >= 0.3 is 6.09 Å². The molecule has 1 aromatic rings. The van der Waals surface area contributed by atoms with E-state index >= 15 is 0 Å². The minimum atomic E-state index is -1.17. The molecule has 0 bridgehead atoms. The van der Waals surface area contributed by atoms with Crippen LogP contribution in [0.2, 0.25) is 5.28 Å². The monoisotopic (exact) mass is 371 g/mol. The predicted octanol–water partition coefficient (Wildman–Crippen LogP) is 2.14. The standard InChI is InChI=1S/C16H26ClN5O3/c1-16(2,3)25-15(24)22-6-4-10(5-7-22)8-19-13-11(12(18)23)9-20-14(17)21-13/h9-10,12,23H,4-8,18H2,1-3H3,(H,19,20,21). The van der Waals surface area contributed by atoms with Crippen LogP contribution in [0.4, 0.5) is 10.6 Å². The zero-order chi connectivity index (χ0) is 18.6. The summed E-state index contributed by atoms with van der Waals surface area (Å²) in [6.45, 7) is 7.53. The van der Waals surface area contributed by atoms with Crippen molar-refractivity contribution in [3.8, 4) is 0 Å². The van der Waals surface area contributed by atoms with Gasteiger partial charge in [0.1, 0.15) is 17.6 Å². The van der Waals surface area contributed by atoms with Gasteiger partial charge in [-0.2, -0.15) is 0 Å². The van der Waals surface area contributed by atoms with Crippen LogP contribution < -0.4 is 11.1 Å². The van der Waals surface area contributed by atoms with Crippen molar-refractivity contribution in [2.45, 2.75) is 45.4 Å². The van der Waals surface area contributed by atoms with E-state index in [4.69, 9.17) is 22.1 Å². The first kappa shape index (κ1) is 19.7. The van der Waals surface area contributed by atoms with Crippen LogP contribution in [0, 0.1) is 5.92 Å². The fourth-order valence-electron chi connectivity index (χ4n) is 2.61. The lowest BCUT2D eigenvalue weighted by atomic mass is 9.97. The average Bonchev–Trinajstić information content (AvgIpc) is 2.51. The Morgan fingerprint density at radius 1 is 1.52 bits per heavy atom. The molecule has 0 saturated carbocycles. The molecule has 1 unspecified atom stereocenters. The maximum Gasteiger partial charge on any atom is 0.410 e. The van der Waals surface area contributed by atoms with Crippen LogP contribution in [0.3, 0.4) is 0 Å². The van der Waals surface area contributed by atoms with Crippen molar-refractivity contribution in [1.29, 1.82) is 0 Å². The number of piperidine rings is 1. The third kappa shape index (κ3) is 5.98. The summed E-state index contributed by atoms with van der Waals surface area (Å²) in [5, 5.41) is 12.8. The van der Waals surface area contributed by atoms with Crippen LogP contribution in [0.5, 0.6) is 0 Å². The number of carbonyl (C=O) groups is 1. The first-order valence-electron chi connectivity index (χ1n) is 8.33. The molecule has 0 aliphatic carbocycles. The van der Waals surface area contributed by atoms with Crippen LogP contribution in [-0.4, -0.2) is 51.3 Å². The van der Waals surface area contributed by atoms with Crippen molar-refractivity contribution in [1.82, 2.24) is 14.9 Å². The predicted molar refractivity (Wildman–Crippen MR) is 95.2 cm³/mol. The zero-order valence-corrected chi connectivity index (χ0v) is 15.6. The first-order valence-corrected chi connectivity index (χ1v) is 8.71. The van der Waals surface area contributed by atoms with E-state index in [9.17, 15) is 9.90 Å². The van der Waals surface area contributed by atoms with Crippen molar-refractivity contribution in [2.24, 2.45) is 11.7 Å². The maximum atomic E-state index is 12.1. The summed E-state index contributed by atoms with van der Waals surface area (Å²) in [6, 6.07) is 0. The van der Waals surface area contributed by atoms with Gasteiger partial charge in [0.15, 0.2) is 0 Å². The van der Waals surface area contributed by atoms with Crippen LogP contribution >= 0.6 is 11.6 Å². The van der Waals surface area contributed by atoms with Gasteiger partial charge in [0.05, 0.1) is 5.56 Å². The summed E-state index contributed by atoms with van der Waals surface area (Å²) in [5.41, 5.74) is 5.42. The highest BCUT2D eigenvalue weighted by Crippen LogP contribution is 2.23. The van der Waals surface area contributed by atoms with Gasteiger partial charge < -0.3 is 25.8 Å². The molecule has 1 fully saturated rings. The van der Waals surface area contributed by atoms with Gasteiger partial charge in [-0.3, -0.25) is 0 Å². The van der Waals surface area contributed by atoms with Gasteiger partial charge in [0.2, 0.25) is 5.28 Å². The Morgan fingerprint density at radius 3 is 2.72 bits per heavy atom.